The zero-order valence-corrected chi connectivity index (χ0v) is 15.4. The number of non-ortho nitro benzene ring substituents is 1. The van der Waals surface area contributed by atoms with Gasteiger partial charge < -0.3 is 14.8 Å². The first-order valence-corrected chi connectivity index (χ1v) is 8.77. The summed E-state index contributed by atoms with van der Waals surface area (Å²) in [6.45, 7) is 0.116. The molecule has 0 bridgehead atoms. The third kappa shape index (κ3) is 4.92. The van der Waals surface area contributed by atoms with E-state index in [9.17, 15) is 14.9 Å². The molecule has 28 heavy (non-hydrogen) atoms. The number of nitrogens with zero attached hydrogens (tertiary/aromatic N) is 3. The molecule has 0 fully saturated rings. The fourth-order valence-electron chi connectivity index (χ4n) is 2.17. The highest BCUT2D eigenvalue weighted by molar-refractivity contribution is 7.15. The van der Waals surface area contributed by atoms with Crippen LogP contribution in [0.1, 0.15) is 5.01 Å². The average molecular weight is 401 g/mol. The van der Waals surface area contributed by atoms with E-state index in [1.54, 1.807) is 24.3 Å². The van der Waals surface area contributed by atoms with Crippen molar-refractivity contribution >= 4 is 33.9 Å². The molecule has 3 aromatic rings. The van der Waals surface area contributed by atoms with E-state index in [0.717, 1.165) is 11.3 Å². The van der Waals surface area contributed by atoms with Crippen molar-refractivity contribution in [2.75, 3.05) is 17.7 Å². The van der Waals surface area contributed by atoms with Gasteiger partial charge in [0.25, 0.3) is 5.69 Å². The summed E-state index contributed by atoms with van der Waals surface area (Å²) < 4.78 is 10.7. The first-order valence-electron chi connectivity index (χ1n) is 7.96. The van der Waals surface area contributed by atoms with Gasteiger partial charge >= 0.3 is 6.03 Å². The summed E-state index contributed by atoms with van der Waals surface area (Å²) in [5, 5.41) is 24.6. The van der Waals surface area contributed by atoms with E-state index in [4.69, 9.17) is 9.47 Å². The molecule has 144 valence electrons. The molecule has 3 rings (SSSR count). The third-order valence-electron chi connectivity index (χ3n) is 3.45. The van der Waals surface area contributed by atoms with Gasteiger partial charge in [-0.2, -0.15) is 0 Å². The number of hydrogen-bond donors (Lipinski definition) is 2. The maximum atomic E-state index is 12.1. The number of ether oxygens (including phenoxy) is 2. The number of hydrogen-bond acceptors (Lipinski definition) is 8. The first kappa shape index (κ1) is 19.0. The molecule has 1 aromatic heterocycles. The van der Waals surface area contributed by atoms with Gasteiger partial charge in [0.15, 0.2) is 5.01 Å². The van der Waals surface area contributed by atoms with Crippen molar-refractivity contribution in [2.24, 2.45) is 0 Å². The zero-order valence-electron chi connectivity index (χ0n) is 14.6. The number of methoxy groups -OCH3 is 1. The number of nitro benzene ring substituents is 1. The van der Waals surface area contributed by atoms with Gasteiger partial charge in [0, 0.05) is 12.1 Å². The number of benzene rings is 2. The largest absolute Gasteiger partial charge is 0.495 e. The van der Waals surface area contributed by atoms with E-state index in [1.165, 1.54) is 31.4 Å². The average Bonchev–Trinajstić information content (AvgIpc) is 3.14. The van der Waals surface area contributed by atoms with Gasteiger partial charge in [-0.1, -0.05) is 23.5 Å². The number of urea groups is 1. The SMILES string of the molecule is COc1ccccc1NC(=O)Nc1nnc(COc2ccc([N+](=O)[O-])cc2)s1. The smallest absolute Gasteiger partial charge is 0.325 e. The van der Waals surface area contributed by atoms with E-state index in [1.807, 2.05) is 0 Å². The number of nitrogens with one attached hydrogen (secondary N) is 2. The highest BCUT2D eigenvalue weighted by Gasteiger charge is 2.11. The van der Waals surface area contributed by atoms with Crippen LogP contribution >= 0.6 is 11.3 Å². The van der Waals surface area contributed by atoms with Gasteiger partial charge in [-0.3, -0.25) is 15.4 Å². The van der Waals surface area contributed by atoms with Crippen molar-refractivity contribution in [2.45, 2.75) is 6.61 Å². The zero-order chi connectivity index (χ0) is 19.9. The molecule has 2 aromatic carbocycles. The molecule has 0 radical (unpaired) electrons. The molecule has 0 saturated heterocycles. The number of carbonyl (C=O) groups excluding carboxylic acids is 1. The topological polar surface area (TPSA) is 129 Å². The Morgan fingerprint density at radius 1 is 1.14 bits per heavy atom. The molecule has 1 heterocycles. The monoisotopic (exact) mass is 401 g/mol. The Bertz CT molecular complexity index is 976. The first-order chi connectivity index (χ1) is 13.5. The Balaban J connectivity index is 1.53. The van der Waals surface area contributed by atoms with Crippen LogP contribution in [-0.4, -0.2) is 28.3 Å². The lowest BCUT2D eigenvalue weighted by Crippen LogP contribution is -2.19. The fraction of sp³-hybridized carbons (Fsp3) is 0.118. The van der Waals surface area contributed by atoms with Crippen LogP contribution in [0.3, 0.4) is 0 Å². The van der Waals surface area contributed by atoms with Gasteiger partial charge in [-0.05, 0) is 24.3 Å². The van der Waals surface area contributed by atoms with Crippen LogP contribution in [0.25, 0.3) is 0 Å². The standard InChI is InChI=1S/C17H15N5O5S/c1-26-14-5-3-2-4-13(14)18-16(23)19-17-21-20-15(28-17)10-27-12-8-6-11(7-9-12)22(24)25/h2-9H,10H2,1H3,(H2,18,19,21,23). The van der Waals surface area contributed by atoms with Crippen molar-refractivity contribution in [1.82, 2.24) is 10.2 Å². The molecule has 0 unspecified atom stereocenters. The minimum atomic E-state index is -0.484. The molecule has 0 aliphatic carbocycles. The van der Waals surface area contributed by atoms with Crippen molar-refractivity contribution in [3.8, 4) is 11.5 Å². The fourth-order valence-corrected chi connectivity index (χ4v) is 2.82. The lowest BCUT2D eigenvalue weighted by Gasteiger charge is -2.09. The van der Waals surface area contributed by atoms with Crippen LogP contribution in [0.5, 0.6) is 11.5 Å². The predicted molar refractivity (Wildman–Crippen MR) is 103 cm³/mol. The summed E-state index contributed by atoms with van der Waals surface area (Å²) in [7, 11) is 1.51. The molecule has 0 aliphatic rings. The van der Waals surface area contributed by atoms with Crippen LogP contribution in [0.2, 0.25) is 0 Å². The molecule has 10 nitrogen and oxygen atoms in total. The summed E-state index contributed by atoms with van der Waals surface area (Å²) in [6.07, 6.45) is 0. The minimum absolute atomic E-state index is 0.0178. The van der Waals surface area contributed by atoms with Crippen LogP contribution in [0, 0.1) is 10.1 Å². The number of amides is 2. The second-order valence-corrected chi connectivity index (χ2v) is 6.38. The highest BCUT2D eigenvalue weighted by atomic mass is 32.1. The van der Waals surface area contributed by atoms with Gasteiger partial charge in [0.2, 0.25) is 5.13 Å². The van der Waals surface area contributed by atoms with E-state index >= 15 is 0 Å². The number of anilines is 2. The molecule has 0 saturated carbocycles. The van der Waals surface area contributed by atoms with E-state index in [0.29, 0.717) is 27.3 Å². The summed E-state index contributed by atoms with van der Waals surface area (Å²) >= 11 is 1.15. The normalized spacial score (nSPS) is 10.2. The van der Waals surface area contributed by atoms with E-state index in [2.05, 4.69) is 20.8 Å². The number of para-hydroxylation sites is 2. The Morgan fingerprint density at radius 3 is 2.61 bits per heavy atom. The predicted octanol–water partition coefficient (Wildman–Crippen LogP) is 3.68. The molecule has 0 aliphatic heterocycles. The molecular formula is C17H15N5O5S. The van der Waals surface area contributed by atoms with Gasteiger partial charge in [-0.15, -0.1) is 10.2 Å². The Kier molecular flexibility index (Phi) is 5.97. The third-order valence-corrected chi connectivity index (χ3v) is 4.26. The molecule has 0 spiro atoms. The molecule has 11 heteroatoms. The Morgan fingerprint density at radius 2 is 1.89 bits per heavy atom. The lowest BCUT2D eigenvalue weighted by molar-refractivity contribution is -0.384. The molecule has 0 atom stereocenters. The maximum Gasteiger partial charge on any atom is 0.325 e. The molecule has 2 N–H and O–H groups in total. The van der Waals surface area contributed by atoms with Crippen LogP contribution in [0.4, 0.5) is 21.3 Å². The summed E-state index contributed by atoms with van der Waals surface area (Å²) in [6, 6.07) is 12.2. The van der Waals surface area contributed by atoms with Crippen molar-refractivity contribution in [3.63, 3.8) is 0 Å². The highest BCUT2D eigenvalue weighted by Crippen LogP contribution is 2.24. The van der Waals surface area contributed by atoms with Crippen LogP contribution in [0.15, 0.2) is 48.5 Å². The van der Waals surface area contributed by atoms with Crippen molar-refractivity contribution < 1.29 is 19.2 Å². The summed E-state index contributed by atoms with van der Waals surface area (Å²) in [5.41, 5.74) is 0.504. The summed E-state index contributed by atoms with van der Waals surface area (Å²) in [5.74, 6) is 0.997. The van der Waals surface area contributed by atoms with Crippen molar-refractivity contribution in [3.05, 3.63) is 63.7 Å². The van der Waals surface area contributed by atoms with Gasteiger partial charge in [-0.25, -0.2) is 4.79 Å². The maximum absolute atomic E-state index is 12.1. The number of aromatic nitrogens is 2. The lowest BCUT2D eigenvalue weighted by atomic mass is 10.3. The number of rotatable bonds is 7. The van der Waals surface area contributed by atoms with Crippen LogP contribution in [-0.2, 0) is 6.61 Å². The Labute approximate surface area is 163 Å². The number of carbonyl (C=O) groups is 1. The second-order valence-electron chi connectivity index (χ2n) is 5.32. The van der Waals surface area contributed by atoms with Gasteiger partial charge in [0.05, 0.1) is 17.7 Å². The van der Waals surface area contributed by atoms with Crippen LogP contribution < -0.4 is 20.1 Å². The second kappa shape index (κ2) is 8.77. The Hall–Kier alpha value is -3.73. The quantitative estimate of drug-likeness (QED) is 0.456. The molecular weight excluding hydrogens is 386 g/mol. The number of nitro groups is 1. The minimum Gasteiger partial charge on any atom is -0.495 e. The molecule has 2 amide bonds. The van der Waals surface area contributed by atoms with Gasteiger partial charge in [0.1, 0.15) is 18.1 Å². The van der Waals surface area contributed by atoms with Crippen molar-refractivity contribution in [1.29, 1.82) is 0 Å². The summed E-state index contributed by atoms with van der Waals surface area (Å²) in [4.78, 5) is 22.3. The van der Waals surface area contributed by atoms with E-state index in [-0.39, 0.29) is 12.3 Å². The van der Waals surface area contributed by atoms with E-state index < -0.39 is 11.0 Å².